The summed E-state index contributed by atoms with van der Waals surface area (Å²) in [6.45, 7) is 4.60. The van der Waals surface area contributed by atoms with E-state index in [1.807, 2.05) is 18.7 Å². The van der Waals surface area contributed by atoms with Crippen LogP contribution in [0.5, 0.6) is 0 Å². The molecule has 0 saturated heterocycles. The topological polar surface area (TPSA) is 72.9 Å². The third kappa shape index (κ3) is 4.09. The van der Waals surface area contributed by atoms with Crippen molar-refractivity contribution in [2.45, 2.75) is 64.8 Å². The molecule has 2 rings (SSSR count). The van der Waals surface area contributed by atoms with Crippen molar-refractivity contribution in [1.29, 1.82) is 0 Å². The fraction of sp³-hybridized carbons (Fsp3) is 0.765. The van der Waals surface area contributed by atoms with Crippen LogP contribution in [0.15, 0.2) is 0 Å². The van der Waals surface area contributed by atoms with Crippen LogP contribution < -0.4 is 11.1 Å². The molecule has 0 aromatic carbocycles. The maximum Gasteiger partial charge on any atom is 0.220 e. The van der Waals surface area contributed by atoms with Gasteiger partial charge in [0.25, 0.3) is 0 Å². The van der Waals surface area contributed by atoms with Crippen LogP contribution in [0.3, 0.4) is 0 Å². The van der Waals surface area contributed by atoms with Crippen molar-refractivity contribution >= 4 is 5.91 Å². The molecule has 1 aliphatic rings. The van der Waals surface area contributed by atoms with E-state index < -0.39 is 0 Å². The lowest BCUT2D eigenvalue weighted by Crippen LogP contribution is -2.46. The predicted octanol–water partition coefficient (Wildman–Crippen LogP) is 1.99. The average Bonchev–Trinajstić information content (AvgIpc) is 2.76. The molecule has 1 heterocycles. The largest absolute Gasteiger partial charge is 0.352 e. The van der Waals surface area contributed by atoms with Crippen LogP contribution in [-0.4, -0.2) is 28.3 Å². The van der Waals surface area contributed by atoms with E-state index >= 15 is 0 Å². The van der Waals surface area contributed by atoms with E-state index in [-0.39, 0.29) is 11.9 Å². The first kappa shape index (κ1) is 17.0. The molecular formula is C17H30N4O. The molecule has 1 aliphatic carbocycles. The summed E-state index contributed by atoms with van der Waals surface area (Å²) in [6.07, 6.45) is 7.51. The maximum absolute atomic E-state index is 12.3. The molecule has 1 aromatic heterocycles. The summed E-state index contributed by atoms with van der Waals surface area (Å²) in [7, 11) is 1.94. The molecule has 0 spiro atoms. The number of nitrogens with two attached hydrogens (primary N) is 1. The van der Waals surface area contributed by atoms with Gasteiger partial charge in [-0.05, 0) is 44.6 Å². The summed E-state index contributed by atoms with van der Waals surface area (Å²) in [5, 5.41) is 7.57. The zero-order valence-electron chi connectivity index (χ0n) is 14.2. The smallest absolute Gasteiger partial charge is 0.220 e. The molecule has 5 nitrogen and oxygen atoms in total. The number of aryl methyl sites for hydroxylation is 2. The van der Waals surface area contributed by atoms with Crippen LogP contribution in [0.4, 0.5) is 0 Å². The van der Waals surface area contributed by atoms with Crippen molar-refractivity contribution in [3.63, 3.8) is 0 Å². The summed E-state index contributed by atoms with van der Waals surface area (Å²) < 4.78 is 1.88. The van der Waals surface area contributed by atoms with E-state index in [1.54, 1.807) is 0 Å². The summed E-state index contributed by atoms with van der Waals surface area (Å²) in [5.41, 5.74) is 9.25. The number of nitrogens with zero attached hydrogens (tertiary/aromatic N) is 2. The van der Waals surface area contributed by atoms with Gasteiger partial charge in [-0.25, -0.2) is 0 Å². The molecule has 1 aromatic rings. The second-order valence-corrected chi connectivity index (χ2v) is 6.58. The van der Waals surface area contributed by atoms with E-state index in [2.05, 4.69) is 17.3 Å². The molecule has 1 fully saturated rings. The minimum Gasteiger partial charge on any atom is -0.352 e. The molecule has 1 unspecified atom stereocenters. The molecular weight excluding hydrogens is 276 g/mol. The SMILES string of the molecule is Cc1nn(C)c(C)c1CCC(=O)NC(CN)C1CCCCC1. The number of hydrogen-bond acceptors (Lipinski definition) is 3. The van der Waals surface area contributed by atoms with E-state index in [4.69, 9.17) is 5.73 Å². The molecule has 22 heavy (non-hydrogen) atoms. The van der Waals surface area contributed by atoms with Gasteiger partial charge < -0.3 is 11.1 Å². The number of hydrogen-bond donors (Lipinski definition) is 2. The Kier molecular flexibility index (Phi) is 6.00. The summed E-state index contributed by atoms with van der Waals surface area (Å²) >= 11 is 0. The van der Waals surface area contributed by atoms with Crippen LogP contribution in [0.2, 0.25) is 0 Å². The Morgan fingerprint density at radius 1 is 1.36 bits per heavy atom. The third-order valence-corrected chi connectivity index (χ3v) is 5.08. The minimum absolute atomic E-state index is 0.115. The number of carbonyl (C=O) groups is 1. The summed E-state index contributed by atoms with van der Waals surface area (Å²) in [5.74, 6) is 0.674. The summed E-state index contributed by atoms with van der Waals surface area (Å²) in [6, 6.07) is 0.142. The number of nitrogens with one attached hydrogen (secondary N) is 1. The van der Waals surface area contributed by atoms with Crippen molar-refractivity contribution in [2.24, 2.45) is 18.7 Å². The van der Waals surface area contributed by atoms with Gasteiger partial charge in [0.1, 0.15) is 0 Å². The summed E-state index contributed by atoms with van der Waals surface area (Å²) in [4.78, 5) is 12.3. The van der Waals surface area contributed by atoms with E-state index in [0.717, 1.165) is 17.8 Å². The van der Waals surface area contributed by atoms with Crippen LogP contribution in [0.25, 0.3) is 0 Å². The van der Waals surface area contributed by atoms with Crippen LogP contribution >= 0.6 is 0 Å². The van der Waals surface area contributed by atoms with Crippen molar-refractivity contribution in [1.82, 2.24) is 15.1 Å². The Bertz CT molecular complexity index is 503. The Balaban J connectivity index is 1.86. The Hall–Kier alpha value is -1.36. The molecule has 0 aliphatic heterocycles. The fourth-order valence-electron chi connectivity index (χ4n) is 3.60. The lowest BCUT2D eigenvalue weighted by atomic mass is 9.84. The molecule has 3 N–H and O–H groups in total. The van der Waals surface area contributed by atoms with Crippen molar-refractivity contribution in [3.8, 4) is 0 Å². The average molecular weight is 306 g/mol. The van der Waals surface area contributed by atoms with Crippen molar-refractivity contribution < 1.29 is 4.79 Å². The predicted molar refractivity (Wildman–Crippen MR) is 88.6 cm³/mol. The van der Waals surface area contributed by atoms with E-state index in [9.17, 15) is 4.79 Å². The Labute approximate surface area is 133 Å². The monoisotopic (exact) mass is 306 g/mol. The van der Waals surface area contributed by atoms with Gasteiger partial charge >= 0.3 is 0 Å². The highest BCUT2D eigenvalue weighted by Gasteiger charge is 2.24. The molecule has 1 amide bonds. The number of rotatable bonds is 6. The van der Waals surface area contributed by atoms with Gasteiger partial charge in [-0.1, -0.05) is 19.3 Å². The molecule has 1 saturated carbocycles. The second-order valence-electron chi connectivity index (χ2n) is 6.58. The highest BCUT2D eigenvalue weighted by atomic mass is 16.1. The number of carbonyl (C=O) groups excluding carboxylic acids is 1. The molecule has 1 atom stereocenters. The molecule has 5 heteroatoms. The van der Waals surface area contributed by atoms with E-state index in [1.165, 1.54) is 37.7 Å². The van der Waals surface area contributed by atoms with Crippen molar-refractivity contribution in [3.05, 3.63) is 17.0 Å². The minimum atomic E-state index is 0.115. The first-order valence-corrected chi connectivity index (χ1v) is 8.51. The molecule has 124 valence electrons. The van der Waals surface area contributed by atoms with Gasteiger partial charge in [0.2, 0.25) is 5.91 Å². The first-order valence-electron chi connectivity index (χ1n) is 8.51. The molecule has 0 radical (unpaired) electrons. The zero-order chi connectivity index (χ0) is 16.1. The van der Waals surface area contributed by atoms with Crippen molar-refractivity contribution in [2.75, 3.05) is 6.54 Å². The Morgan fingerprint density at radius 2 is 2.05 bits per heavy atom. The lowest BCUT2D eigenvalue weighted by Gasteiger charge is -2.30. The fourth-order valence-corrected chi connectivity index (χ4v) is 3.60. The standard InChI is InChI=1S/C17H30N4O/c1-12-15(13(2)21(3)20-12)9-10-17(22)19-16(11-18)14-7-5-4-6-8-14/h14,16H,4-11,18H2,1-3H3,(H,19,22). The Morgan fingerprint density at radius 3 is 2.59 bits per heavy atom. The number of amides is 1. The quantitative estimate of drug-likeness (QED) is 0.844. The van der Waals surface area contributed by atoms with Gasteiger partial charge in [-0.3, -0.25) is 9.48 Å². The molecule has 0 bridgehead atoms. The number of aromatic nitrogens is 2. The van der Waals surface area contributed by atoms with Crippen LogP contribution in [-0.2, 0) is 18.3 Å². The van der Waals surface area contributed by atoms with Gasteiger partial charge in [0, 0.05) is 31.7 Å². The third-order valence-electron chi connectivity index (χ3n) is 5.08. The first-order chi connectivity index (χ1) is 10.5. The van der Waals surface area contributed by atoms with E-state index in [0.29, 0.717) is 18.9 Å². The second kappa shape index (κ2) is 7.77. The zero-order valence-corrected chi connectivity index (χ0v) is 14.2. The highest BCUT2D eigenvalue weighted by Crippen LogP contribution is 2.26. The van der Waals surface area contributed by atoms with Crippen LogP contribution in [0.1, 0.15) is 55.5 Å². The van der Waals surface area contributed by atoms with Crippen LogP contribution in [0, 0.1) is 19.8 Å². The lowest BCUT2D eigenvalue weighted by molar-refractivity contribution is -0.122. The van der Waals surface area contributed by atoms with Gasteiger partial charge in [0.05, 0.1) is 5.69 Å². The van der Waals surface area contributed by atoms with Gasteiger partial charge in [0.15, 0.2) is 0 Å². The maximum atomic E-state index is 12.3. The normalized spacial score (nSPS) is 17.5. The van der Waals surface area contributed by atoms with Gasteiger partial charge in [-0.15, -0.1) is 0 Å². The highest BCUT2D eigenvalue weighted by molar-refractivity contribution is 5.76. The van der Waals surface area contributed by atoms with Gasteiger partial charge in [-0.2, -0.15) is 5.10 Å².